The normalized spacial score (nSPS) is 23.5. The summed E-state index contributed by atoms with van der Waals surface area (Å²) in [6.07, 6.45) is 4.20. The van der Waals surface area contributed by atoms with Gasteiger partial charge in [-0.15, -0.1) is 0 Å². The van der Waals surface area contributed by atoms with E-state index in [4.69, 9.17) is 10.5 Å². The lowest BCUT2D eigenvalue weighted by molar-refractivity contribution is -0.143. The van der Waals surface area contributed by atoms with Crippen molar-refractivity contribution in [2.24, 2.45) is 5.92 Å². The maximum absolute atomic E-state index is 12.5. The third kappa shape index (κ3) is 3.15. The number of aromatic nitrogens is 2. The van der Waals surface area contributed by atoms with Crippen molar-refractivity contribution in [1.82, 2.24) is 14.9 Å². The fourth-order valence-corrected chi connectivity index (χ4v) is 3.24. The molecular formula is C15H22N4O2. The van der Waals surface area contributed by atoms with Gasteiger partial charge in [-0.1, -0.05) is 12.8 Å². The second-order valence-electron chi connectivity index (χ2n) is 5.89. The number of hydrogen-bond donors (Lipinski definition) is 1. The number of morpholine rings is 1. The lowest BCUT2D eigenvalue weighted by Crippen LogP contribution is -2.44. The molecule has 0 bridgehead atoms. The van der Waals surface area contributed by atoms with Crippen molar-refractivity contribution in [1.29, 1.82) is 0 Å². The standard InChI is InChI=1S/C15H22N4O2/c1-10-17-12(8-14(16)18-10)13-9-19(6-7-21-13)15(20)11-4-2-3-5-11/h8,11,13H,2-7,9H2,1H3,(H2,16,17,18). The summed E-state index contributed by atoms with van der Waals surface area (Å²) < 4.78 is 5.78. The quantitative estimate of drug-likeness (QED) is 0.891. The molecule has 1 aliphatic heterocycles. The molecule has 2 heterocycles. The highest BCUT2D eigenvalue weighted by Crippen LogP contribution is 2.29. The second kappa shape index (κ2) is 5.97. The monoisotopic (exact) mass is 290 g/mol. The molecule has 1 unspecified atom stereocenters. The Kier molecular flexibility index (Phi) is 4.05. The van der Waals surface area contributed by atoms with Gasteiger partial charge in [0.25, 0.3) is 0 Å². The molecule has 0 spiro atoms. The Labute approximate surface area is 124 Å². The van der Waals surface area contributed by atoms with Crippen LogP contribution in [0.3, 0.4) is 0 Å². The minimum absolute atomic E-state index is 0.201. The highest BCUT2D eigenvalue weighted by molar-refractivity contribution is 5.79. The van der Waals surface area contributed by atoms with E-state index < -0.39 is 0 Å². The molecule has 1 saturated heterocycles. The van der Waals surface area contributed by atoms with Gasteiger partial charge in [-0.05, 0) is 19.8 Å². The number of hydrogen-bond acceptors (Lipinski definition) is 5. The first-order chi connectivity index (χ1) is 10.1. The fraction of sp³-hybridized carbons (Fsp3) is 0.667. The number of nitrogens with two attached hydrogens (primary N) is 1. The molecule has 1 amide bonds. The lowest BCUT2D eigenvalue weighted by atomic mass is 10.1. The Morgan fingerprint density at radius 2 is 2.14 bits per heavy atom. The number of anilines is 1. The summed E-state index contributed by atoms with van der Waals surface area (Å²) in [7, 11) is 0. The Balaban J connectivity index is 1.71. The molecule has 1 aromatic heterocycles. The highest BCUT2D eigenvalue weighted by Gasteiger charge is 2.32. The van der Waals surface area contributed by atoms with Crippen LogP contribution in [0.4, 0.5) is 5.82 Å². The zero-order chi connectivity index (χ0) is 14.8. The summed E-state index contributed by atoms with van der Waals surface area (Å²) in [5.41, 5.74) is 6.54. The van der Waals surface area contributed by atoms with E-state index >= 15 is 0 Å². The van der Waals surface area contributed by atoms with Gasteiger partial charge in [0.1, 0.15) is 17.7 Å². The first kappa shape index (κ1) is 14.3. The zero-order valence-electron chi connectivity index (χ0n) is 12.4. The third-order valence-electron chi connectivity index (χ3n) is 4.29. The van der Waals surface area contributed by atoms with Crippen molar-refractivity contribution in [3.05, 3.63) is 17.6 Å². The molecule has 21 heavy (non-hydrogen) atoms. The fourth-order valence-electron chi connectivity index (χ4n) is 3.24. The maximum atomic E-state index is 12.5. The molecule has 1 saturated carbocycles. The van der Waals surface area contributed by atoms with E-state index in [-0.39, 0.29) is 17.9 Å². The van der Waals surface area contributed by atoms with E-state index in [1.54, 1.807) is 6.07 Å². The SMILES string of the molecule is Cc1nc(N)cc(C2CN(C(=O)C3CCCC3)CCO2)n1. The molecule has 2 fully saturated rings. The number of amides is 1. The first-order valence-electron chi connectivity index (χ1n) is 7.65. The van der Waals surface area contributed by atoms with E-state index in [1.165, 1.54) is 12.8 Å². The average Bonchev–Trinajstić information content (AvgIpc) is 3.00. The highest BCUT2D eigenvalue weighted by atomic mass is 16.5. The van der Waals surface area contributed by atoms with Crippen LogP contribution in [-0.4, -0.2) is 40.5 Å². The summed E-state index contributed by atoms with van der Waals surface area (Å²) in [4.78, 5) is 22.9. The molecular weight excluding hydrogens is 268 g/mol. The molecule has 2 aliphatic rings. The van der Waals surface area contributed by atoms with E-state index in [0.29, 0.717) is 31.3 Å². The topological polar surface area (TPSA) is 81.3 Å². The van der Waals surface area contributed by atoms with Crippen LogP contribution in [0.1, 0.15) is 43.3 Å². The van der Waals surface area contributed by atoms with Crippen molar-refractivity contribution in [2.75, 3.05) is 25.4 Å². The summed E-state index contributed by atoms with van der Waals surface area (Å²) in [5.74, 6) is 1.56. The number of carbonyl (C=O) groups excluding carboxylic acids is 1. The average molecular weight is 290 g/mol. The van der Waals surface area contributed by atoms with Crippen LogP contribution in [-0.2, 0) is 9.53 Å². The van der Waals surface area contributed by atoms with Crippen molar-refractivity contribution in [3.63, 3.8) is 0 Å². The summed E-state index contributed by atoms with van der Waals surface area (Å²) >= 11 is 0. The third-order valence-corrected chi connectivity index (χ3v) is 4.29. The molecule has 2 N–H and O–H groups in total. The Hall–Kier alpha value is -1.69. The van der Waals surface area contributed by atoms with Gasteiger partial charge in [0.05, 0.1) is 18.8 Å². The molecule has 114 valence electrons. The maximum Gasteiger partial charge on any atom is 0.225 e. The smallest absolute Gasteiger partial charge is 0.225 e. The second-order valence-corrected chi connectivity index (χ2v) is 5.89. The van der Waals surface area contributed by atoms with Crippen LogP contribution in [0.5, 0.6) is 0 Å². The number of nitrogen functional groups attached to an aromatic ring is 1. The van der Waals surface area contributed by atoms with Crippen molar-refractivity contribution in [3.8, 4) is 0 Å². The largest absolute Gasteiger partial charge is 0.384 e. The van der Waals surface area contributed by atoms with Crippen molar-refractivity contribution in [2.45, 2.75) is 38.7 Å². The van der Waals surface area contributed by atoms with E-state index in [9.17, 15) is 4.79 Å². The van der Waals surface area contributed by atoms with Crippen molar-refractivity contribution < 1.29 is 9.53 Å². The van der Waals surface area contributed by atoms with Crippen molar-refractivity contribution >= 4 is 11.7 Å². The summed E-state index contributed by atoms with van der Waals surface area (Å²) in [5, 5.41) is 0. The predicted octanol–water partition coefficient (Wildman–Crippen LogP) is 1.46. The van der Waals surface area contributed by atoms with Gasteiger partial charge < -0.3 is 15.4 Å². The van der Waals surface area contributed by atoms with Gasteiger partial charge in [0.15, 0.2) is 0 Å². The number of rotatable bonds is 2. The summed E-state index contributed by atoms with van der Waals surface area (Å²) in [6, 6.07) is 1.74. The molecule has 3 rings (SSSR count). The van der Waals surface area contributed by atoms with Crippen LogP contribution in [0, 0.1) is 12.8 Å². The number of aryl methyl sites for hydroxylation is 1. The molecule has 1 aliphatic carbocycles. The van der Waals surface area contributed by atoms with E-state index in [2.05, 4.69) is 9.97 Å². The number of nitrogens with zero attached hydrogens (tertiary/aromatic N) is 3. The van der Waals surface area contributed by atoms with Gasteiger partial charge in [-0.3, -0.25) is 4.79 Å². The Bertz CT molecular complexity index is 508. The van der Waals surface area contributed by atoms with E-state index in [0.717, 1.165) is 18.5 Å². The molecule has 0 radical (unpaired) electrons. The van der Waals surface area contributed by atoms with Crippen LogP contribution in [0.2, 0.25) is 0 Å². The molecule has 6 heteroatoms. The zero-order valence-corrected chi connectivity index (χ0v) is 12.4. The summed E-state index contributed by atoms with van der Waals surface area (Å²) in [6.45, 7) is 3.59. The van der Waals surface area contributed by atoms with E-state index in [1.807, 2.05) is 11.8 Å². The van der Waals surface area contributed by atoms with Crippen LogP contribution in [0.15, 0.2) is 6.07 Å². The Morgan fingerprint density at radius 3 is 2.86 bits per heavy atom. The van der Waals surface area contributed by atoms with Crippen LogP contribution < -0.4 is 5.73 Å². The van der Waals surface area contributed by atoms with Gasteiger partial charge in [0.2, 0.25) is 5.91 Å². The molecule has 1 aromatic rings. The van der Waals surface area contributed by atoms with Gasteiger partial charge in [-0.2, -0.15) is 0 Å². The minimum atomic E-state index is -0.201. The molecule has 0 aromatic carbocycles. The predicted molar refractivity (Wildman–Crippen MR) is 78.4 cm³/mol. The Morgan fingerprint density at radius 1 is 1.38 bits per heavy atom. The van der Waals surface area contributed by atoms with Crippen LogP contribution >= 0.6 is 0 Å². The number of ether oxygens (including phenoxy) is 1. The van der Waals surface area contributed by atoms with Gasteiger partial charge in [0, 0.05) is 18.5 Å². The van der Waals surface area contributed by atoms with Gasteiger partial charge in [-0.25, -0.2) is 9.97 Å². The molecule has 1 atom stereocenters. The number of carbonyl (C=O) groups is 1. The lowest BCUT2D eigenvalue weighted by Gasteiger charge is -2.34. The van der Waals surface area contributed by atoms with Crippen LogP contribution in [0.25, 0.3) is 0 Å². The first-order valence-corrected chi connectivity index (χ1v) is 7.65. The minimum Gasteiger partial charge on any atom is -0.384 e. The van der Waals surface area contributed by atoms with Gasteiger partial charge >= 0.3 is 0 Å². The molecule has 6 nitrogen and oxygen atoms in total.